The molecule has 17 heavy (non-hydrogen) atoms. The Morgan fingerprint density at radius 3 is 2.24 bits per heavy atom. The second-order valence-corrected chi connectivity index (χ2v) is 5.88. The zero-order valence-corrected chi connectivity index (χ0v) is 10.4. The average Bonchev–Trinajstić information content (AvgIpc) is 2.59. The topological polar surface area (TPSA) is 78.0 Å². The fourth-order valence-corrected chi connectivity index (χ4v) is 2.15. The number of nitrogens with two attached hydrogens (primary N) is 1. The lowest BCUT2D eigenvalue weighted by Gasteiger charge is -2.05. The lowest BCUT2D eigenvalue weighted by Crippen LogP contribution is -2.01. The van der Waals surface area contributed by atoms with Gasteiger partial charge in [0.1, 0.15) is 0 Å². The molecule has 0 bridgehead atoms. The highest BCUT2D eigenvalue weighted by Gasteiger charge is 2.08. The highest BCUT2D eigenvalue weighted by atomic mass is 32.2. The van der Waals surface area contributed by atoms with Crippen molar-refractivity contribution in [2.45, 2.75) is 11.8 Å². The van der Waals surface area contributed by atoms with Crippen LogP contribution in [0.25, 0.3) is 5.69 Å². The highest BCUT2D eigenvalue weighted by molar-refractivity contribution is 7.90. The Labute approximate surface area is 99.8 Å². The molecule has 0 amide bonds. The summed E-state index contributed by atoms with van der Waals surface area (Å²) in [5.41, 5.74) is 7.92. The molecule has 90 valence electrons. The molecule has 0 atom stereocenters. The van der Waals surface area contributed by atoms with Crippen LogP contribution in [0.2, 0.25) is 0 Å². The fraction of sp³-hybridized carbons (Fsp3) is 0.182. The van der Waals surface area contributed by atoms with Gasteiger partial charge in [-0.3, -0.25) is 0 Å². The molecule has 0 aliphatic rings. The van der Waals surface area contributed by atoms with Crippen molar-refractivity contribution in [3.8, 4) is 5.69 Å². The first kappa shape index (κ1) is 11.7. The van der Waals surface area contributed by atoms with Gasteiger partial charge in [0.2, 0.25) is 0 Å². The van der Waals surface area contributed by atoms with Crippen LogP contribution < -0.4 is 5.73 Å². The molecule has 1 aromatic heterocycles. The van der Waals surface area contributed by atoms with Gasteiger partial charge in [0.25, 0.3) is 0 Å². The average molecular weight is 251 g/mol. The molecular formula is C11H13N3O2S. The molecule has 1 heterocycles. The van der Waals surface area contributed by atoms with Crippen LogP contribution in [0.5, 0.6) is 0 Å². The van der Waals surface area contributed by atoms with Gasteiger partial charge >= 0.3 is 0 Å². The van der Waals surface area contributed by atoms with Gasteiger partial charge in [-0.05, 0) is 31.2 Å². The molecule has 2 rings (SSSR count). The van der Waals surface area contributed by atoms with Gasteiger partial charge in [-0.2, -0.15) is 5.10 Å². The van der Waals surface area contributed by atoms with Gasteiger partial charge in [0.15, 0.2) is 9.84 Å². The third-order valence-electron chi connectivity index (χ3n) is 2.56. The van der Waals surface area contributed by atoms with Gasteiger partial charge in [-0.25, -0.2) is 13.1 Å². The van der Waals surface area contributed by atoms with Crippen LogP contribution in [-0.2, 0) is 9.84 Å². The zero-order chi connectivity index (χ0) is 12.6. The van der Waals surface area contributed by atoms with E-state index in [9.17, 15) is 8.42 Å². The summed E-state index contributed by atoms with van der Waals surface area (Å²) < 4.78 is 24.3. The highest BCUT2D eigenvalue weighted by Crippen LogP contribution is 2.17. The first-order chi connectivity index (χ1) is 7.89. The second-order valence-electron chi connectivity index (χ2n) is 3.86. The molecule has 0 aliphatic heterocycles. The summed E-state index contributed by atoms with van der Waals surface area (Å²) in [6.07, 6.45) is 2.75. The zero-order valence-electron chi connectivity index (χ0n) is 9.58. The molecular weight excluding hydrogens is 238 g/mol. The number of aromatic nitrogens is 2. The van der Waals surface area contributed by atoms with Crippen molar-refractivity contribution < 1.29 is 8.42 Å². The van der Waals surface area contributed by atoms with Gasteiger partial charge in [0.05, 0.1) is 28.2 Å². The first-order valence-corrected chi connectivity index (χ1v) is 6.89. The maximum absolute atomic E-state index is 11.3. The standard InChI is InChI=1S/C11H13N3O2S/c1-8-11(12)7-13-14(8)9-3-5-10(6-4-9)17(2,15)16/h3-7H,12H2,1-2H3. The van der Waals surface area contributed by atoms with Gasteiger partial charge in [-0.15, -0.1) is 0 Å². The smallest absolute Gasteiger partial charge is 0.175 e. The first-order valence-electron chi connectivity index (χ1n) is 5.00. The van der Waals surface area contributed by atoms with Gasteiger partial charge in [-0.1, -0.05) is 0 Å². The summed E-state index contributed by atoms with van der Waals surface area (Å²) in [7, 11) is -3.16. The van der Waals surface area contributed by atoms with Crippen molar-refractivity contribution >= 4 is 15.5 Å². The van der Waals surface area contributed by atoms with E-state index in [0.717, 1.165) is 11.4 Å². The Hall–Kier alpha value is -1.82. The second kappa shape index (κ2) is 3.89. The van der Waals surface area contributed by atoms with E-state index in [2.05, 4.69) is 5.10 Å². The number of sulfone groups is 1. The molecule has 0 saturated carbocycles. The lowest BCUT2D eigenvalue weighted by atomic mass is 10.3. The Morgan fingerprint density at radius 1 is 1.24 bits per heavy atom. The Balaban J connectivity index is 2.46. The molecule has 2 N–H and O–H groups in total. The normalized spacial score (nSPS) is 11.6. The van der Waals surface area contributed by atoms with Gasteiger partial charge in [0, 0.05) is 6.26 Å². The number of hydrogen-bond donors (Lipinski definition) is 1. The maximum Gasteiger partial charge on any atom is 0.175 e. The lowest BCUT2D eigenvalue weighted by molar-refractivity contribution is 0.602. The largest absolute Gasteiger partial charge is 0.396 e. The molecule has 1 aromatic carbocycles. The SMILES string of the molecule is Cc1c(N)cnn1-c1ccc(S(C)(=O)=O)cc1. The molecule has 0 fully saturated rings. The quantitative estimate of drug-likeness (QED) is 0.869. The summed E-state index contributed by atoms with van der Waals surface area (Å²) in [5, 5.41) is 4.12. The van der Waals surface area contributed by atoms with Crippen LogP contribution in [0.15, 0.2) is 35.4 Å². The molecule has 6 heteroatoms. The summed E-state index contributed by atoms with van der Waals surface area (Å²) in [6.45, 7) is 1.85. The van der Waals surface area contributed by atoms with E-state index < -0.39 is 9.84 Å². The number of hydrogen-bond acceptors (Lipinski definition) is 4. The fourth-order valence-electron chi connectivity index (χ4n) is 1.52. The van der Waals surface area contributed by atoms with Crippen molar-refractivity contribution in [3.05, 3.63) is 36.2 Å². The van der Waals surface area contributed by atoms with Crippen molar-refractivity contribution in [2.24, 2.45) is 0 Å². The van der Waals surface area contributed by atoms with Crippen molar-refractivity contribution in [1.29, 1.82) is 0 Å². The van der Waals surface area contributed by atoms with Crippen LogP contribution in [0.3, 0.4) is 0 Å². The van der Waals surface area contributed by atoms with Crippen molar-refractivity contribution in [1.82, 2.24) is 9.78 Å². The molecule has 0 unspecified atom stereocenters. The van der Waals surface area contributed by atoms with E-state index in [1.807, 2.05) is 6.92 Å². The summed E-state index contributed by atoms with van der Waals surface area (Å²) >= 11 is 0. The van der Waals surface area contributed by atoms with Crippen molar-refractivity contribution in [3.63, 3.8) is 0 Å². The predicted molar refractivity (Wildman–Crippen MR) is 65.8 cm³/mol. The third kappa shape index (κ3) is 2.16. The minimum Gasteiger partial charge on any atom is -0.396 e. The summed E-state index contributed by atoms with van der Waals surface area (Å²) in [5.74, 6) is 0. The van der Waals surface area contributed by atoms with E-state index in [4.69, 9.17) is 5.73 Å². The number of rotatable bonds is 2. The number of benzene rings is 1. The van der Waals surface area contributed by atoms with Gasteiger partial charge < -0.3 is 5.73 Å². The summed E-state index contributed by atoms with van der Waals surface area (Å²) in [4.78, 5) is 0.291. The van der Waals surface area contributed by atoms with Crippen LogP contribution >= 0.6 is 0 Å². The number of nitrogen functional groups attached to an aromatic ring is 1. The Morgan fingerprint density at radius 2 is 1.82 bits per heavy atom. The van der Waals surface area contributed by atoms with Crippen molar-refractivity contribution in [2.75, 3.05) is 12.0 Å². The predicted octanol–water partition coefficient (Wildman–Crippen LogP) is 1.17. The van der Waals surface area contributed by atoms with E-state index in [0.29, 0.717) is 10.6 Å². The van der Waals surface area contributed by atoms with E-state index in [1.165, 1.54) is 6.26 Å². The number of anilines is 1. The summed E-state index contributed by atoms with van der Waals surface area (Å²) in [6, 6.07) is 6.52. The molecule has 0 spiro atoms. The third-order valence-corrected chi connectivity index (χ3v) is 3.69. The Bertz CT molecular complexity index is 642. The molecule has 5 nitrogen and oxygen atoms in total. The monoisotopic (exact) mass is 251 g/mol. The Kier molecular flexibility index (Phi) is 2.66. The van der Waals surface area contributed by atoms with Crippen LogP contribution in [0.4, 0.5) is 5.69 Å². The van der Waals surface area contributed by atoms with E-state index in [-0.39, 0.29) is 0 Å². The van der Waals surface area contributed by atoms with Crippen LogP contribution in [0.1, 0.15) is 5.69 Å². The van der Waals surface area contributed by atoms with Crippen LogP contribution in [-0.4, -0.2) is 24.5 Å². The molecule has 0 aliphatic carbocycles. The minimum atomic E-state index is -3.16. The molecule has 0 radical (unpaired) electrons. The maximum atomic E-state index is 11.3. The molecule has 2 aromatic rings. The van der Waals surface area contributed by atoms with E-state index in [1.54, 1.807) is 35.1 Å². The minimum absolute atomic E-state index is 0.291. The molecule has 0 saturated heterocycles. The van der Waals surface area contributed by atoms with E-state index >= 15 is 0 Å². The van der Waals surface area contributed by atoms with Crippen LogP contribution in [0, 0.1) is 6.92 Å². The number of nitrogens with zero attached hydrogens (tertiary/aromatic N) is 2.